The van der Waals surface area contributed by atoms with E-state index in [1.165, 1.54) is 22.4 Å². The number of carbonyl (C=O) groups excluding carboxylic acids is 1. The Morgan fingerprint density at radius 1 is 1.03 bits per heavy atom. The van der Waals surface area contributed by atoms with E-state index in [-0.39, 0.29) is 5.91 Å². The number of rotatable bonds is 5. The van der Waals surface area contributed by atoms with Gasteiger partial charge in [0.05, 0.1) is 5.56 Å². The van der Waals surface area contributed by atoms with Crippen molar-refractivity contribution in [2.45, 2.75) is 32.6 Å². The maximum absolute atomic E-state index is 13.2. The summed E-state index contributed by atoms with van der Waals surface area (Å²) >= 11 is 1.66. The van der Waals surface area contributed by atoms with Gasteiger partial charge in [0.15, 0.2) is 0 Å². The Morgan fingerprint density at radius 2 is 1.73 bits per heavy atom. The molecule has 1 N–H and O–H groups in total. The van der Waals surface area contributed by atoms with E-state index < -0.39 is 0 Å². The molecule has 0 saturated carbocycles. The number of thiophene rings is 1. The van der Waals surface area contributed by atoms with Crippen LogP contribution in [0.15, 0.2) is 53.5 Å². The first-order chi connectivity index (χ1) is 14.5. The first kappa shape index (κ1) is 20.4. The van der Waals surface area contributed by atoms with Crippen molar-refractivity contribution < 1.29 is 4.79 Å². The van der Waals surface area contributed by atoms with Crippen molar-refractivity contribution in [2.24, 2.45) is 4.99 Å². The monoisotopic (exact) mass is 417 g/mol. The lowest BCUT2D eigenvalue weighted by Crippen LogP contribution is -2.14. The highest BCUT2D eigenvalue weighted by atomic mass is 32.1. The number of fused-ring (bicyclic) bond motifs is 1. The number of nitrogens with zero attached hydrogens (tertiary/aromatic N) is 2. The Kier molecular flexibility index (Phi) is 6.00. The number of aryl methyl sites for hydroxylation is 2. The first-order valence-electron chi connectivity index (χ1n) is 10.4. The lowest BCUT2D eigenvalue weighted by Gasteiger charge is -2.13. The molecule has 4 nitrogen and oxygen atoms in total. The van der Waals surface area contributed by atoms with Crippen LogP contribution in [0.5, 0.6) is 0 Å². The second-order valence-corrected chi connectivity index (χ2v) is 9.04. The van der Waals surface area contributed by atoms with Crippen LogP contribution in [0.25, 0.3) is 0 Å². The number of carbonyl (C=O) groups is 1. The molecule has 154 valence electrons. The lowest BCUT2D eigenvalue weighted by atomic mass is 9.95. The van der Waals surface area contributed by atoms with Gasteiger partial charge in [-0.15, -0.1) is 11.3 Å². The first-order valence-corrected chi connectivity index (χ1v) is 11.2. The molecule has 1 aliphatic rings. The normalized spacial score (nSPS) is 13.3. The summed E-state index contributed by atoms with van der Waals surface area (Å²) < 4.78 is 0. The number of hydrogen-bond donors (Lipinski definition) is 1. The summed E-state index contributed by atoms with van der Waals surface area (Å²) in [7, 11) is 4.05. The molecule has 2 aromatic carbocycles. The smallest absolute Gasteiger partial charge is 0.259 e. The van der Waals surface area contributed by atoms with E-state index in [1.54, 1.807) is 11.3 Å². The summed E-state index contributed by atoms with van der Waals surface area (Å²) in [6.45, 7) is 2.04. The summed E-state index contributed by atoms with van der Waals surface area (Å²) in [5, 5.41) is 3.88. The van der Waals surface area contributed by atoms with E-state index in [0.717, 1.165) is 46.8 Å². The van der Waals surface area contributed by atoms with Crippen LogP contribution in [0.4, 0.5) is 16.4 Å². The topological polar surface area (TPSA) is 44.7 Å². The lowest BCUT2D eigenvalue weighted by molar-refractivity contribution is 0.102. The van der Waals surface area contributed by atoms with E-state index in [0.29, 0.717) is 0 Å². The highest BCUT2D eigenvalue weighted by molar-refractivity contribution is 7.16. The summed E-state index contributed by atoms with van der Waals surface area (Å²) in [5.74, 6) is -0.0617. The number of nitrogens with one attached hydrogen (secondary N) is 1. The van der Waals surface area contributed by atoms with Crippen molar-refractivity contribution in [1.82, 2.24) is 0 Å². The maximum Gasteiger partial charge on any atom is 0.259 e. The molecule has 0 saturated heterocycles. The average Bonchev–Trinajstić information content (AvgIpc) is 3.12. The van der Waals surface area contributed by atoms with Crippen LogP contribution in [0, 0.1) is 6.92 Å². The predicted octanol–water partition coefficient (Wildman–Crippen LogP) is 6.00. The molecule has 0 fully saturated rings. The Balaban J connectivity index is 1.63. The summed E-state index contributed by atoms with van der Waals surface area (Å²) in [5.41, 5.74) is 6.10. The quantitative estimate of drug-likeness (QED) is 0.517. The number of hydrogen-bond acceptors (Lipinski definition) is 4. The summed E-state index contributed by atoms with van der Waals surface area (Å²) in [6.07, 6.45) is 6.16. The van der Waals surface area contributed by atoms with Crippen molar-refractivity contribution in [3.8, 4) is 0 Å². The molecule has 4 rings (SSSR count). The van der Waals surface area contributed by atoms with Crippen LogP contribution in [0.1, 0.15) is 44.8 Å². The third kappa shape index (κ3) is 4.46. The molecule has 0 unspecified atom stereocenters. The van der Waals surface area contributed by atoms with Crippen LogP contribution < -0.4 is 10.2 Å². The zero-order valence-corrected chi connectivity index (χ0v) is 18.6. The van der Waals surface area contributed by atoms with Crippen LogP contribution in [0.3, 0.4) is 0 Å². The Bertz CT molecular complexity index is 1060. The van der Waals surface area contributed by atoms with Crippen molar-refractivity contribution in [3.05, 3.63) is 75.7 Å². The number of benzene rings is 2. The Labute approximate surface area is 182 Å². The molecular formula is C25H27N3OS. The minimum absolute atomic E-state index is 0.0617. The molecule has 1 heterocycles. The largest absolute Gasteiger partial charge is 0.378 e. The van der Waals surface area contributed by atoms with Crippen LogP contribution in [0.2, 0.25) is 0 Å². The fourth-order valence-electron chi connectivity index (χ4n) is 3.70. The van der Waals surface area contributed by atoms with Crippen LogP contribution >= 0.6 is 11.3 Å². The van der Waals surface area contributed by atoms with Crippen LogP contribution in [-0.4, -0.2) is 26.2 Å². The van der Waals surface area contributed by atoms with E-state index in [1.807, 2.05) is 51.5 Å². The summed E-state index contributed by atoms with van der Waals surface area (Å²) in [4.78, 5) is 21.3. The molecule has 0 spiro atoms. The van der Waals surface area contributed by atoms with Gasteiger partial charge in [-0.2, -0.15) is 0 Å². The minimum Gasteiger partial charge on any atom is -0.378 e. The fourth-order valence-corrected chi connectivity index (χ4v) is 4.93. The maximum atomic E-state index is 13.2. The van der Waals surface area contributed by atoms with Gasteiger partial charge in [-0.3, -0.25) is 4.79 Å². The Hall–Kier alpha value is -2.92. The standard InChI is InChI=1S/C25H27N3OS/c1-17-8-12-19(13-9-17)27-24(29)23-21-6-4-5-7-22(21)30-25(23)26-16-18-10-14-20(15-11-18)28(2)3/h8-16H,4-7H2,1-3H3,(H,27,29). The molecular weight excluding hydrogens is 390 g/mol. The van der Waals surface area contributed by atoms with Gasteiger partial charge in [0, 0.05) is 36.6 Å². The minimum atomic E-state index is -0.0617. The molecule has 0 radical (unpaired) electrons. The average molecular weight is 418 g/mol. The van der Waals surface area contributed by atoms with E-state index in [9.17, 15) is 4.79 Å². The molecule has 0 atom stereocenters. The van der Waals surface area contributed by atoms with Gasteiger partial charge in [-0.25, -0.2) is 4.99 Å². The van der Waals surface area contributed by atoms with E-state index in [2.05, 4.69) is 34.5 Å². The fraction of sp³-hybridized carbons (Fsp3) is 0.280. The van der Waals surface area contributed by atoms with Gasteiger partial charge in [-0.1, -0.05) is 29.8 Å². The second kappa shape index (κ2) is 8.84. The van der Waals surface area contributed by atoms with Gasteiger partial charge in [0.25, 0.3) is 5.91 Å². The van der Waals surface area contributed by atoms with E-state index in [4.69, 9.17) is 4.99 Å². The van der Waals surface area contributed by atoms with Crippen molar-refractivity contribution >= 4 is 39.8 Å². The predicted molar refractivity (Wildman–Crippen MR) is 128 cm³/mol. The van der Waals surface area contributed by atoms with Gasteiger partial charge < -0.3 is 10.2 Å². The van der Waals surface area contributed by atoms with Gasteiger partial charge in [-0.05, 0) is 68.0 Å². The van der Waals surface area contributed by atoms with Crippen molar-refractivity contribution in [3.63, 3.8) is 0 Å². The van der Waals surface area contributed by atoms with Crippen molar-refractivity contribution in [2.75, 3.05) is 24.3 Å². The van der Waals surface area contributed by atoms with E-state index >= 15 is 0 Å². The highest BCUT2D eigenvalue weighted by Gasteiger charge is 2.25. The molecule has 30 heavy (non-hydrogen) atoms. The third-order valence-corrected chi connectivity index (χ3v) is 6.63. The summed E-state index contributed by atoms with van der Waals surface area (Å²) in [6, 6.07) is 16.2. The molecule has 3 aromatic rings. The molecule has 1 aliphatic carbocycles. The van der Waals surface area contributed by atoms with Gasteiger partial charge >= 0.3 is 0 Å². The molecule has 0 aliphatic heterocycles. The third-order valence-electron chi connectivity index (χ3n) is 5.43. The molecule has 1 amide bonds. The molecule has 5 heteroatoms. The second-order valence-electron chi connectivity index (χ2n) is 7.96. The van der Waals surface area contributed by atoms with Gasteiger partial charge in [0.2, 0.25) is 0 Å². The molecule has 0 bridgehead atoms. The molecule has 1 aromatic heterocycles. The van der Waals surface area contributed by atoms with Gasteiger partial charge in [0.1, 0.15) is 5.00 Å². The van der Waals surface area contributed by atoms with Crippen LogP contribution in [-0.2, 0) is 12.8 Å². The number of amides is 1. The zero-order chi connectivity index (χ0) is 21.1. The number of anilines is 2. The van der Waals surface area contributed by atoms with Crippen molar-refractivity contribution in [1.29, 1.82) is 0 Å². The SMILES string of the molecule is Cc1ccc(NC(=O)c2c(N=Cc3ccc(N(C)C)cc3)sc3c2CCCC3)cc1. The Morgan fingerprint density at radius 3 is 2.43 bits per heavy atom. The highest BCUT2D eigenvalue weighted by Crippen LogP contribution is 2.40. The number of aliphatic imine (C=N–C) groups is 1. The zero-order valence-electron chi connectivity index (χ0n) is 17.7.